The monoisotopic (exact) mass is 424 g/mol. The van der Waals surface area contributed by atoms with Crippen LogP contribution in [0.15, 0.2) is 0 Å². The average Bonchev–Trinajstić information content (AvgIpc) is 2.83. The summed E-state index contributed by atoms with van der Waals surface area (Å²) in [6, 6.07) is 0. The van der Waals surface area contributed by atoms with Gasteiger partial charge >= 0.3 is 6.09 Å². The van der Waals surface area contributed by atoms with Gasteiger partial charge in [-0.3, -0.25) is 0 Å². The van der Waals surface area contributed by atoms with Gasteiger partial charge in [-0.25, -0.2) is 4.79 Å². The second-order valence-electron chi connectivity index (χ2n) is 10.8. The number of ether oxygens (including phenoxy) is 2. The van der Waals surface area contributed by atoms with Crippen molar-refractivity contribution in [1.29, 1.82) is 0 Å². The lowest BCUT2D eigenvalue weighted by Crippen LogP contribution is -2.62. The van der Waals surface area contributed by atoms with Crippen LogP contribution >= 0.6 is 0 Å². The van der Waals surface area contributed by atoms with Gasteiger partial charge in [-0.05, 0) is 48.3 Å². The number of hydrogen-bond acceptors (Lipinski definition) is 5. The van der Waals surface area contributed by atoms with E-state index in [9.17, 15) is 9.90 Å². The topological polar surface area (TPSA) is 85.0 Å². The summed E-state index contributed by atoms with van der Waals surface area (Å²) in [4.78, 5) is 14.3. The molecule has 0 aromatic rings. The van der Waals surface area contributed by atoms with Crippen molar-refractivity contribution in [1.82, 2.24) is 4.90 Å². The van der Waals surface area contributed by atoms with E-state index in [1.54, 1.807) is 4.90 Å². The highest BCUT2D eigenvalue weighted by Crippen LogP contribution is 2.60. The Morgan fingerprint density at radius 2 is 1.93 bits per heavy atom. The molecule has 0 aromatic heterocycles. The highest BCUT2D eigenvalue weighted by molar-refractivity contribution is 5.68. The first-order valence-corrected chi connectivity index (χ1v) is 12.1. The standard InChI is InChI=1S/C24H44N2O4/c1-8-16(6)24(25)21(27)20-18(23(24,7)9-2)15(5)13-17(29-20)19(14(3)4)30-22(28)26-11-10-12-26/h14-21,27H,8-13,25H2,1-7H3. The molecule has 2 aliphatic heterocycles. The lowest BCUT2D eigenvalue weighted by Gasteiger charge is -2.50. The van der Waals surface area contributed by atoms with Crippen LogP contribution in [0.1, 0.15) is 74.1 Å². The van der Waals surface area contributed by atoms with Crippen molar-refractivity contribution in [3.8, 4) is 0 Å². The molecule has 2 heterocycles. The Hall–Kier alpha value is -0.850. The molecule has 0 bridgehead atoms. The van der Waals surface area contributed by atoms with E-state index in [1.807, 2.05) is 0 Å². The summed E-state index contributed by atoms with van der Waals surface area (Å²) < 4.78 is 12.5. The van der Waals surface area contributed by atoms with Crippen molar-refractivity contribution in [3.63, 3.8) is 0 Å². The molecule has 3 fully saturated rings. The van der Waals surface area contributed by atoms with E-state index in [-0.39, 0.29) is 47.6 Å². The number of hydrogen-bond donors (Lipinski definition) is 2. The first kappa shape index (κ1) is 23.8. The normalized spacial score (nSPS) is 43.1. The van der Waals surface area contributed by atoms with E-state index in [0.717, 1.165) is 38.8 Å². The number of rotatable bonds is 6. The maximum Gasteiger partial charge on any atom is 0.410 e. The summed E-state index contributed by atoms with van der Waals surface area (Å²) in [6.07, 6.45) is 1.84. The maximum absolute atomic E-state index is 12.5. The van der Waals surface area contributed by atoms with Gasteiger partial charge in [0.2, 0.25) is 0 Å². The second-order valence-corrected chi connectivity index (χ2v) is 10.8. The highest BCUT2D eigenvalue weighted by atomic mass is 16.6. The zero-order chi connectivity index (χ0) is 22.4. The first-order valence-electron chi connectivity index (χ1n) is 12.1. The summed E-state index contributed by atoms with van der Waals surface area (Å²) in [6.45, 7) is 16.7. The fraction of sp³-hybridized carbons (Fsp3) is 0.958. The molecule has 0 radical (unpaired) electrons. The SMILES string of the molecule is CCC(C)C1(N)C(O)C2OC(C(OC(=O)N3CCC3)C(C)C)CC(C)C2C1(C)CC. The molecular weight excluding hydrogens is 380 g/mol. The van der Waals surface area contributed by atoms with Gasteiger partial charge in [-0.2, -0.15) is 0 Å². The number of amides is 1. The van der Waals surface area contributed by atoms with Crippen molar-refractivity contribution in [2.75, 3.05) is 13.1 Å². The van der Waals surface area contributed by atoms with E-state index >= 15 is 0 Å². The van der Waals surface area contributed by atoms with Crippen molar-refractivity contribution in [2.45, 2.75) is 104 Å². The molecule has 174 valence electrons. The summed E-state index contributed by atoms with van der Waals surface area (Å²) in [7, 11) is 0. The first-order chi connectivity index (χ1) is 14.0. The van der Waals surface area contributed by atoms with Crippen molar-refractivity contribution in [2.24, 2.45) is 34.8 Å². The van der Waals surface area contributed by atoms with Gasteiger partial charge in [0.1, 0.15) is 6.10 Å². The molecule has 0 aromatic carbocycles. The molecule has 3 N–H and O–H groups in total. The zero-order valence-corrected chi connectivity index (χ0v) is 20.1. The Kier molecular flexibility index (Phi) is 6.82. The van der Waals surface area contributed by atoms with Gasteiger partial charge in [0.05, 0.1) is 23.9 Å². The van der Waals surface area contributed by atoms with Crippen LogP contribution in [0.3, 0.4) is 0 Å². The minimum absolute atomic E-state index is 0.136. The van der Waals surface area contributed by atoms with Gasteiger partial charge in [0.25, 0.3) is 0 Å². The fourth-order valence-electron chi connectivity index (χ4n) is 6.62. The van der Waals surface area contributed by atoms with E-state index < -0.39 is 11.6 Å². The lowest BCUT2D eigenvalue weighted by atomic mass is 9.59. The smallest absolute Gasteiger partial charge is 0.410 e. The molecule has 1 amide bonds. The van der Waals surface area contributed by atoms with Crippen molar-refractivity contribution >= 4 is 6.09 Å². The predicted molar refractivity (Wildman–Crippen MR) is 118 cm³/mol. The summed E-state index contributed by atoms with van der Waals surface area (Å²) >= 11 is 0. The third-order valence-electron chi connectivity index (χ3n) is 8.97. The molecule has 1 saturated carbocycles. The lowest BCUT2D eigenvalue weighted by molar-refractivity contribution is -0.180. The Morgan fingerprint density at radius 1 is 1.30 bits per heavy atom. The molecule has 1 aliphatic carbocycles. The van der Waals surface area contributed by atoms with Crippen molar-refractivity contribution in [3.05, 3.63) is 0 Å². The van der Waals surface area contributed by atoms with E-state index in [1.165, 1.54) is 0 Å². The summed E-state index contributed by atoms with van der Waals surface area (Å²) in [5.74, 6) is 0.832. The van der Waals surface area contributed by atoms with E-state index in [0.29, 0.717) is 5.92 Å². The van der Waals surface area contributed by atoms with Crippen LogP contribution < -0.4 is 5.73 Å². The molecule has 6 nitrogen and oxygen atoms in total. The Morgan fingerprint density at radius 3 is 2.40 bits per heavy atom. The molecule has 9 atom stereocenters. The van der Waals surface area contributed by atoms with Gasteiger partial charge in [0.15, 0.2) is 0 Å². The van der Waals surface area contributed by atoms with Gasteiger partial charge in [0, 0.05) is 13.1 Å². The number of carbonyl (C=O) groups is 1. The number of nitrogens with zero attached hydrogens (tertiary/aromatic N) is 1. The van der Waals surface area contributed by atoms with Gasteiger partial charge in [-0.1, -0.05) is 54.9 Å². The molecule has 0 spiro atoms. The minimum Gasteiger partial charge on any atom is -0.443 e. The maximum atomic E-state index is 12.5. The van der Waals surface area contributed by atoms with Gasteiger partial charge in [-0.15, -0.1) is 0 Å². The van der Waals surface area contributed by atoms with E-state index in [4.69, 9.17) is 15.2 Å². The average molecular weight is 425 g/mol. The summed E-state index contributed by atoms with van der Waals surface area (Å²) in [5.41, 5.74) is 6.17. The van der Waals surface area contributed by atoms with Crippen LogP contribution in [0.2, 0.25) is 0 Å². The highest BCUT2D eigenvalue weighted by Gasteiger charge is 2.68. The van der Waals surface area contributed by atoms with Crippen LogP contribution in [0, 0.1) is 29.1 Å². The molecule has 2 saturated heterocycles. The second kappa shape index (κ2) is 8.59. The molecule has 30 heavy (non-hydrogen) atoms. The number of aliphatic hydroxyl groups is 1. The molecule has 3 aliphatic rings. The Balaban J connectivity index is 1.87. The zero-order valence-electron chi connectivity index (χ0n) is 20.1. The largest absolute Gasteiger partial charge is 0.443 e. The number of aliphatic hydroxyl groups excluding tert-OH is 1. The van der Waals surface area contributed by atoms with Crippen LogP contribution in [-0.2, 0) is 9.47 Å². The minimum atomic E-state index is -0.730. The number of carbonyl (C=O) groups excluding carboxylic acids is 1. The molecule has 6 heteroatoms. The van der Waals surface area contributed by atoms with Crippen LogP contribution in [0.25, 0.3) is 0 Å². The quantitative estimate of drug-likeness (QED) is 0.677. The van der Waals surface area contributed by atoms with Crippen LogP contribution in [-0.4, -0.2) is 59.1 Å². The number of fused-ring (bicyclic) bond motifs is 1. The predicted octanol–water partition coefficient (Wildman–Crippen LogP) is 3.80. The van der Waals surface area contributed by atoms with Crippen LogP contribution in [0.5, 0.6) is 0 Å². The van der Waals surface area contributed by atoms with E-state index in [2.05, 4.69) is 48.5 Å². The number of nitrogens with two attached hydrogens (primary N) is 1. The Labute approximate surface area is 182 Å². The third kappa shape index (κ3) is 3.47. The third-order valence-corrected chi connectivity index (χ3v) is 8.97. The fourth-order valence-corrected chi connectivity index (χ4v) is 6.62. The molecular formula is C24H44N2O4. The Bertz CT molecular complexity index is 624. The van der Waals surface area contributed by atoms with Crippen LogP contribution in [0.4, 0.5) is 4.79 Å². The summed E-state index contributed by atoms with van der Waals surface area (Å²) in [5, 5.41) is 11.5. The molecule has 3 rings (SSSR count). The van der Waals surface area contributed by atoms with Gasteiger partial charge < -0.3 is 25.2 Å². The number of likely N-dealkylation sites (tertiary alicyclic amines) is 1. The molecule has 9 unspecified atom stereocenters. The van der Waals surface area contributed by atoms with Crippen molar-refractivity contribution < 1.29 is 19.4 Å².